The molecule has 0 radical (unpaired) electrons. The molecule has 1 atom stereocenters. The Bertz CT molecular complexity index is 205. The Hall–Kier alpha value is 2.37. The van der Waals surface area contributed by atoms with E-state index in [-0.39, 0.29) is 0 Å². The molecule has 0 spiro atoms. The molecular weight excluding hydrogens is 541 g/mol. The van der Waals surface area contributed by atoms with Crippen molar-refractivity contribution < 1.29 is 0 Å². The van der Waals surface area contributed by atoms with Crippen LogP contribution in [0.2, 0.25) is 0 Å². The minimum atomic E-state index is -1.93. The molecule has 68 valence electrons. The minimum absolute atomic E-state index is 1.24. The molecule has 0 saturated heterocycles. The average molecular weight is 548 g/mol. The van der Waals surface area contributed by atoms with Crippen molar-refractivity contribution in [2.45, 2.75) is 0 Å². The van der Waals surface area contributed by atoms with Gasteiger partial charge in [0, 0.05) is 0 Å². The second-order valence-electron chi connectivity index (χ2n) is 1.84. The van der Waals surface area contributed by atoms with E-state index in [1.807, 2.05) is 30.3 Å². The molecule has 0 fully saturated rings. The molecule has 0 nitrogen and oxygen atoms in total. The van der Waals surface area contributed by atoms with E-state index in [2.05, 4.69) is 60.1 Å². The number of benzene rings is 1. The van der Waals surface area contributed by atoms with Crippen molar-refractivity contribution in [3.05, 3.63) is 30.3 Å². The summed E-state index contributed by atoms with van der Waals surface area (Å²) in [6, 6.07) is 10.1. The number of rotatable bonds is 0. The summed E-state index contributed by atoms with van der Waals surface area (Å²) in [6.07, 6.45) is 0. The van der Waals surface area contributed by atoms with Gasteiger partial charge in [-0.25, -0.2) is 0 Å². The summed E-state index contributed by atoms with van der Waals surface area (Å²) in [4.78, 5) is 0. The van der Waals surface area contributed by atoms with Gasteiger partial charge in [-0.1, -0.05) is 30.3 Å². The van der Waals surface area contributed by atoms with Gasteiger partial charge in [-0.05, 0) is 5.30 Å². The van der Waals surface area contributed by atoms with E-state index in [0.29, 0.717) is 0 Å². The van der Waals surface area contributed by atoms with Crippen molar-refractivity contribution in [3.8, 4) is 0 Å². The predicted molar refractivity (Wildman–Crippen MR) is 77.2 cm³/mol. The fraction of sp³-hybridized carbons (Fsp3) is 0. The van der Waals surface area contributed by atoms with Crippen molar-refractivity contribution >= 4 is 74.9 Å². The van der Waals surface area contributed by atoms with Crippen LogP contribution in [0.4, 0.5) is 0 Å². The zero-order chi connectivity index (χ0) is 9.61. The molecule has 0 aliphatic rings. The Labute approximate surface area is 103 Å². The first-order valence-corrected chi connectivity index (χ1v) is 29.1. The molecule has 1 rings (SSSR count). The molecule has 12 heavy (non-hydrogen) atoms. The zero-order valence-corrected chi connectivity index (χ0v) is 16.3. The van der Waals surface area contributed by atoms with Crippen LogP contribution in [0.1, 0.15) is 0 Å². The van der Waals surface area contributed by atoms with Gasteiger partial charge < -0.3 is 0 Å². The molecule has 0 amide bonds. The van der Waals surface area contributed by atoms with E-state index in [1.165, 1.54) is 5.30 Å². The van der Waals surface area contributed by atoms with Gasteiger partial charge in [-0.2, -0.15) is 0 Å². The van der Waals surface area contributed by atoms with Crippen LogP contribution < -0.4 is 5.30 Å². The maximum atomic E-state index is 3.34. The summed E-state index contributed by atoms with van der Waals surface area (Å²) in [7, 11) is 0.699. The van der Waals surface area contributed by atoms with Gasteiger partial charge in [0.1, 0.15) is 0 Å². The van der Waals surface area contributed by atoms with Crippen LogP contribution in [0.15, 0.2) is 30.3 Å². The zero-order valence-electron chi connectivity index (χ0n) is 5.98. The van der Waals surface area contributed by atoms with Gasteiger partial charge in [0.15, 0.2) is 0 Å². The Kier molecular flexibility index (Phi) is 9.14. The van der Waals surface area contributed by atoms with Crippen LogP contribution in [0.5, 0.6) is 0 Å². The normalized spacial score (nSPS) is 10.1. The Balaban J connectivity index is 0.000000217. The van der Waals surface area contributed by atoms with Gasteiger partial charge in [0.25, 0.3) is 0 Å². The monoisotopic (exact) mass is 546 g/mol. The third-order valence-corrected chi connectivity index (χ3v) is 1.18. The van der Waals surface area contributed by atoms with E-state index in [9.17, 15) is 0 Å². The van der Waals surface area contributed by atoms with Gasteiger partial charge in [0.05, 0.1) is 0 Å². The second kappa shape index (κ2) is 7.63. The summed E-state index contributed by atoms with van der Waals surface area (Å²) in [6.45, 7) is 0. The summed E-state index contributed by atoms with van der Waals surface area (Å²) < 4.78 is 0. The molecule has 0 N–H and O–H groups in total. The molecule has 1 unspecified atom stereocenters. The van der Waals surface area contributed by atoms with Gasteiger partial charge in [-0.15, -0.1) is 9.24 Å². The van der Waals surface area contributed by atoms with Crippen LogP contribution in [-0.2, 0) is 0 Å². The fourth-order valence-corrected chi connectivity index (χ4v) is 0.675. The predicted octanol–water partition coefficient (Wildman–Crippen LogP) is 4.19. The third-order valence-electron chi connectivity index (χ3n) is 0.800. The number of halogens is 4. The summed E-state index contributed by atoms with van der Waals surface area (Å²) >= 11 is 13.3. The Morgan fingerprint density at radius 3 is 1.42 bits per heavy atom. The first-order valence-electron chi connectivity index (χ1n) is 2.96. The van der Waals surface area contributed by atoms with Gasteiger partial charge >= 0.3 is 60.3 Å². The van der Waals surface area contributed by atoms with E-state index in [4.69, 9.17) is 0 Å². The first-order chi connectivity index (χ1) is 5.39. The maximum absolute atomic E-state index is 3.34. The standard InChI is InChI=1S/C6H7P.4BrH.Sn/c7-6-4-2-1-3-5-6;;;;;/h1-5H,7H2;4*1H;/q;;;;;+4/p-4. The SMILES string of the molecule is Pc1ccccc1.[Br][Sn]([Br])([Br])[Br]. The van der Waals surface area contributed by atoms with E-state index in [1.54, 1.807) is 0 Å². The summed E-state index contributed by atoms with van der Waals surface area (Å²) in [5.74, 6) is 0. The van der Waals surface area contributed by atoms with Crippen LogP contribution in [0.3, 0.4) is 0 Å². The van der Waals surface area contributed by atoms with Crippen LogP contribution in [0, 0.1) is 0 Å². The topological polar surface area (TPSA) is 0 Å². The molecule has 0 aliphatic carbocycles. The van der Waals surface area contributed by atoms with E-state index in [0.717, 1.165) is 0 Å². The molecule has 0 saturated carbocycles. The van der Waals surface area contributed by atoms with Crippen molar-refractivity contribution in [1.82, 2.24) is 0 Å². The Morgan fingerprint density at radius 2 is 1.25 bits per heavy atom. The van der Waals surface area contributed by atoms with Gasteiger partial charge in [-0.3, -0.25) is 0 Å². The molecule has 0 heterocycles. The molecule has 0 aromatic heterocycles. The molecule has 1 aromatic rings. The van der Waals surface area contributed by atoms with Crippen molar-refractivity contribution in [2.75, 3.05) is 0 Å². The van der Waals surface area contributed by atoms with E-state index >= 15 is 0 Å². The number of hydrogen-bond acceptors (Lipinski definition) is 0. The first kappa shape index (κ1) is 14.4. The van der Waals surface area contributed by atoms with Crippen molar-refractivity contribution in [2.24, 2.45) is 0 Å². The molecule has 6 heteroatoms. The quantitative estimate of drug-likeness (QED) is 0.337. The second-order valence-corrected chi connectivity index (χ2v) is 79.7. The van der Waals surface area contributed by atoms with Crippen LogP contribution >= 0.6 is 60.1 Å². The summed E-state index contributed by atoms with van der Waals surface area (Å²) in [5, 5.41) is 1.24. The van der Waals surface area contributed by atoms with Crippen molar-refractivity contribution in [3.63, 3.8) is 0 Å². The molecule has 0 bridgehead atoms. The molecule has 1 aromatic carbocycles. The Morgan fingerprint density at radius 1 is 0.917 bits per heavy atom. The summed E-state index contributed by atoms with van der Waals surface area (Å²) in [5.41, 5.74) is 0. The molecular formula is C6H7Br4PSn. The number of hydrogen-bond donors (Lipinski definition) is 0. The molecule has 0 aliphatic heterocycles. The third kappa shape index (κ3) is 14.9. The van der Waals surface area contributed by atoms with Gasteiger partial charge in [0.2, 0.25) is 0 Å². The fourth-order valence-electron chi connectivity index (χ4n) is 0.453. The van der Waals surface area contributed by atoms with Crippen LogP contribution in [0.25, 0.3) is 0 Å². The van der Waals surface area contributed by atoms with Crippen LogP contribution in [-0.4, -0.2) is 9.49 Å². The van der Waals surface area contributed by atoms with E-state index < -0.39 is 9.49 Å². The average Bonchev–Trinajstić information content (AvgIpc) is 1.85. The van der Waals surface area contributed by atoms with Crippen molar-refractivity contribution in [1.29, 1.82) is 0 Å².